The molecule has 0 bridgehead atoms. The van der Waals surface area contributed by atoms with E-state index in [0.29, 0.717) is 5.69 Å². The van der Waals surface area contributed by atoms with E-state index in [4.69, 9.17) is 5.73 Å². The number of carbonyl (C=O) groups is 1. The summed E-state index contributed by atoms with van der Waals surface area (Å²) in [6.07, 6.45) is 1.92. The number of carbonyl (C=O) groups excluding carboxylic acids is 1. The number of anilines is 1. The number of amides is 1. The average Bonchev–Trinajstić information content (AvgIpc) is 3.15. The van der Waals surface area contributed by atoms with Crippen molar-refractivity contribution in [1.82, 2.24) is 0 Å². The molecule has 1 unspecified atom stereocenters. The fourth-order valence-corrected chi connectivity index (χ4v) is 1.85. The molecular formula is C13H16F2N2O2. The van der Waals surface area contributed by atoms with Gasteiger partial charge < -0.3 is 15.8 Å². The Morgan fingerprint density at radius 1 is 1.42 bits per heavy atom. The van der Waals surface area contributed by atoms with E-state index >= 15 is 0 Å². The average molecular weight is 270 g/mol. The molecule has 2 rings (SSSR count). The molecule has 19 heavy (non-hydrogen) atoms. The zero-order valence-electron chi connectivity index (χ0n) is 10.5. The Labute approximate surface area is 109 Å². The van der Waals surface area contributed by atoms with Crippen molar-refractivity contribution in [3.63, 3.8) is 0 Å². The monoisotopic (exact) mass is 270 g/mol. The van der Waals surface area contributed by atoms with Gasteiger partial charge in [0.1, 0.15) is 5.75 Å². The fourth-order valence-electron chi connectivity index (χ4n) is 1.85. The standard InChI is InChI=1S/C13H16F2N2O2/c1-13(16,8-2-3-8)11(18)17-9-4-6-10(7-5-9)19-12(14)15/h4-8,12H,2-3,16H2,1H3,(H,17,18). The molecule has 104 valence electrons. The van der Waals surface area contributed by atoms with E-state index in [2.05, 4.69) is 10.1 Å². The maximum absolute atomic E-state index is 12.0. The van der Waals surface area contributed by atoms with Crippen LogP contribution in [-0.4, -0.2) is 18.1 Å². The minimum Gasteiger partial charge on any atom is -0.435 e. The largest absolute Gasteiger partial charge is 0.435 e. The van der Waals surface area contributed by atoms with Crippen molar-refractivity contribution < 1.29 is 18.3 Å². The van der Waals surface area contributed by atoms with Crippen molar-refractivity contribution in [3.8, 4) is 5.75 Å². The van der Waals surface area contributed by atoms with Crippen molar-refractivity contribution in [2.45, 2.75) is 31.9 Å². The molecule has 3 N–H and O–H groups in total. The van der Waals surface area contributed by atoms with E-state index in [1.54, 1.807) is 6.92 Å². The van der Waals surface area contributed by atoms with Crippen molar-refractivity contribution >= 4 is 11.6 Å². The first-order valence-corrected chi connectivity index (χ1v) is 6.05. The van der Waals surface area contributed by atoms with Crippen molar-refractivity contribution in [3.05, 3.63) is 24.3 Å². The molecule has 0 radical (unpaired) electrons. The van der Waals surface area contributed by atoms with E-state index in [-0.39, 0.29) is 17.6 Å². The van der Waals surface area contributed by atoms with Crippen LogP contribution in [0.5, 0.6) is 5.75 Å². The highest BCUT2D eigenvalue weighted by Crippen LogP contribution is 2.38. The predicted molar refractivity (Wildman–Crippen MR) is 67.0 cm³/mol. The molecule has 0 aliphatic heterocycles. The van der Waals surface area contributed by atoms with E-state index < -0.39 is 12.2 Å². The van der Waals surface area contributed by atoms with Crippen LogP contribution in [0.1, 0.15) is 19.8 Å². The summed E-state index contributed by atoms with van der Waals surface area (Å²) < 4.78 is 28.2. The number of benzene rings is 1. The maximum Gasteiger partial charge on any atom is 0.387 e. The highest BCUT2D eigenvalue weighted by atomic mass is 19.3. The molecule has 1 aliphatic carbocycles. The van der Waals surface area contributed by atoms with E-state index in [0.717, 1.165) is 12.8 Å². The number of nitrogens with two attached hydrogens (primary N) is 1. The van der Waals surface area contributed by atoms with Gasteiger partial charge in [-0.1, -0.05) is 0 Å². The van der Waals surface area contributed by atoms with Gasteiger partial charge in [0.05, 0.1) is 5.54 Å². The molecule has 1 aromatic carbocycles. The lowest BCUT2D eigenvalue weighted by Gasteiger charge is -2.23. The predicted octanol–water partition coefficient (Wildman–Crippen LogP) is 2.35. The summed E-state index contributed by atoms with van der Waals surface area (Å²) in [5.41, 5.74) is 5.59. The maximum atomic E-state index is 12.0. The molecule has 1 amide bonds. The summed E-state index contributed by atoms with van der Waals surface area (Å²) in [5, 5.41) is 2.68. The van der Waals surface area contributed by atoms with Gasteiger partial charge in [-0.3, -0.25) is 4.79 Å². The van der Waals surface area contributed by atoms with Gasteiger partial charge in [-0.15, -0.1) is 0 Å². The zero-order valence-corrected chi connectivity index (χ0v) is 10.5. The number of rotatable bonds is 5. The Balaban J connectivity index is 1.97. The van der Waals surface area contributed by atoms with Crippen molar-refractivity contribution in [2.24, 2.45) is 11.7 Å². The normalized spacial score (nSPS) is 17.9. The molecule has 4 nitrogen and oxygen atoms in total. The molecular weight excluding hydrogens is 254 g/mol. The summed E-state index contributed by atoms with van der Waals surface area (Å²) in [7, 11) is 0. The first kappa shape index (κ1) is 13.7. The Morgan fingerprint density at radius 3 is 2.47 bits per heavy atom. The van der Waals surface area contributed by atoms with Crippen LogP contribution >= 0.6 is 0 Å². The first-order valence-electron chi connectivity index (χ1n) is 6.05. The molecule has 0 spiro atoms. The highest BCUT2D eigenvalue weighted by molar-refractivity contribution is 5.98. The third-order valence-electron chi connectivity index (χ3n) is 3.25. The molecule has 1 aliphatic rings. The van der Waals surface area contributed by atoms with Crippen molar-refractivity contribution in [2.75, 3.05) is 5.32 Å². The minimum atomic E-state index is -2.86. The molecule has 1 fully saturated rings. The Hall–Kier alpha value is -1.69. The molecule has 1 atom stereocenters. The zero-order chi connectivity index (χ0) is 14.0. The van der Waals surface area contributed by atoms with Crippen molar-refractivity contribution in [1.29, 1.82) is 0 Å². The van der Waals surface area contributed by atoms with E-state index in [9.17, 15) is 13.6 Å². The van der Waals surface area contributed by atoms with Crippen LogP contribution in [0.4, 0.5) is 14.5 Å². The Bertz CT molecular complexity index is 456. The lowest BCUT2D eigenvalue weighted by Crippen LogP contribution is -2.50. The second-order valence-corrected chi connectivity index (χ2v) is 4.91. The number of hydrogen-bond donors (Lipinski definition) is 2. The van der Waals surface area contributed by atoms with Crippen LogP contribution < -0.4 is 15.8 Å². The minimum absolute atomic E-state index is 0.0469. The Morgan fingerprint density at radius 2 is 2.00 bits per heavy atom. The number of ether oxygens (including phenoxy) is 1. The van der Waals surface area contributed by atoms with Crippen LogP contribution in [0.3, 0.4) is 0 Å². The second-order valence-electron chi connectivity index (χ2n) is 4.91. The quantitative estimate of drug-likeness (QED) is 0.863. The van der Waals surface area contributed by atoms with E-state index in [1.807, 2.05) is 0 Å². The number of nitrogens with one attached hydrogen (secondary N) is 1. The molecule has 6 heteroatoms. The summed E-state index contributed by atoms with van der Waals surface area (Å²) in [4.78, 5) is 12.0. The van der Waals surface area contributed by atoms with Gasteiger partial charge in [0.25, 0.3) is 0 Å². The lowest BCUT2D eigenvalue weighted by molar-refractivity contribution is -0.121. The SMILES string of the molecule is CC(N)(C(=O)Nc1ccc(OC(F)F)cc1)C1CC1. The molecule has 0 saturated heterocycles. The van der Waals surface area contributed by atoms with E-state index in [1.165, 1.54) is 24.3 Å². The third-order valence-corrected chi connectivity index (χ3v) is 3.25. The van der Waals surface area contributed by atoms with Gasteiger partial charge in [0.2, 0.25) is 5.91 Å². The summed E-state index contributed by atoms with van der Waals surface area (Å²) in [6.45, 7) is -1.16. The smallest absolute Gasteiger partial charge is 0.387 e. The van der Waals surface area contributed by atoms with Gasteiger partial charge in [0, 0.05) is 5.69 Å². The summed E-state index contributed by atoms with van der Waals surface area (Å²) in [6, 6.07) is 5.73. The second kappa shape index (κ2) is 5.13. The van der Waals surface area contributed by atoms with Crippen LogP contribution in [-0.2, 0) is 4.79 Å². The Kier molecular flexibility index (Phi) is 3.71. The van der Waals surface area contributed by atoms with Gasteiger partial charge >= 0.3 is 6.61 Å². The fraction of sp³-hybridized carbons (Fsp3) is 0.462. The van der Waals surface area contributed by atoms with Gasteiger partial charge in [0.15, 0.2) is 0 Å². The summed E-state index contributed by atoms with van der Waals surface area (Å²) in [5.74, 6) is -0.00262. The summed E-state index contributed by atoms with van der Waals surface area (Å²) >= 11 is 0. The number of hydrogen-bond acceptors (Lipinski definition) is 3. The van der Waals surface area contributed by atoms with Crippen LogP contribution in [0.15, 0.2) is 24.3 Å². The molecule has 1 aromatic rings. The van der Waals surface area contributed by atoms with Gasteiger partial charge in [-0.2, -0.15) is 8.78 Å². The molecule has 0 heterocycles. The molecule has 0 aromatic heterocycles. The highest BCUT2D eigenvalue weighted by Gasteiger charge is 2.44. The van der Waals surface area contributed by atoms with Gasteiger partial charge in [-0.25, -0.2) is 0 Å². The van der Waals surface area contributed by atoms with Crippen LogP contribution in [0.25, 0.3) is 0 Å². The molecule has 1 saturated carbocycles. The third kappa shape index (κ3) is 3.41. The van der Waals surface area contributed by atoms with Gasteiger partial charge in [-0.05, 0) is 49.9 Å². The topological polar surface area (TPSA) is 64.4 Å². The number of halogens is 2. The van der Waals surface area contributed by atoms with Crippen LogP contribution in [0, 0.1) is 5.92 Å². The first-order chi connectivity index (χ1) is 8.89. The van der Waals surface area contributed by atoms with Crippen LogP contribution in [0.2, 0.25) is 0 Å². The lowest BCUT2D eigenvalue weighted by atomic mass is 9.96. The number of alkyl halides is 2.